The van der Waals surface area contributed by atoms with Crippen LogP contribution in [0.1, 0.15) is 51.4 Å². The van der Waals surface area contributed by atoms with Gasteiger partial charge in [-0.2, -0.15) is 0 Å². The zero-order valence-electron chi connectivity index (χ0n) is 35.3. The molecule has 1 radical (unpaired) electrons. The fraction of sp³-hybridized carbons (Fsp3) is 0.500. The first-order valence-electron chi connectivity index (χ1n) is 17.5. The van der Waals surface area contributed by atoms with Crippen molar-refractivity contribution in [1.29, 1.82) is 0 Å². The molecule has 0 saturated heterocycles. The number of rotatable bonds is 28. The maximum absolute atomic E-state index is 11.0. The molecule has 0 rings (SSSR count). The van der Waals surface area contributed by atoms with E-state index in [2.05, 4.69) is 18.9 Å². The van der Waals surface area contributed by atoms with Gasteiger partial charge in [0.1, 0.15) is 0 Å². The fourth-order valence-electron chi connectivity index (χ4n) is 3.15. The van der Waals surface area contributed by atoms with E-state index in [-0.39, 0.29) is 48.9 Å². The van der Waals surface area contributed by atoms with Crippen molar-refractivity contribution in [3.63, 3.8) is 0 Å². The number of aliphatic carboxylic acids is 12. The van der Waals surface area contributed by atoms with E-state index in [0.29, 0.717) is 0 Å². The minimum atomic E-state index is -2.32. The monoisotopic (exact) mass is 1070 g/mol. The molecule has 0 spiro atoms. The van der Waals surface area contributed by atoms with E-state index in [4.69, 9.17) is 63.8 Å². The van der Waals surface area contributed by atoms with Crippen LogP contribution in [-0.2, 0) is 113 Å². The smallest absolute Gasteiger partial charge is 0.548 e. The van der Waals surface area contributed by atoms with E-state index in [0.717, 1.165) is 0 Å². The fourth-order valence-corrected chi connectivity index (χ4v) is 3.15. The molecule has 0 amide bonds. The van der Waals surface area contributed by atoms with Crippen LogP contribution in [0.2, 0.25) is 0 Å². The number of esters is 4. The number of hydrogen-bond acceptors (Lipinski definition) is 28. The Balaban J connectivity index is -0.000000193. The van der Waals surface area contributed by atoms with Gasteiger partial charge in [0, 0.05) is 49.9 Å². The standard InChI is InChI=1S/4C8H11NO8.Fe.H3N/c4*9-3(6(11)12)1-2-4(10)17-5(7(13)14)8(15)16;;/h4*3,5H,1-2,9H2,(H,11,12)(H,13,14)(H,15,16);;1H3/q;;;;+3;/p-3/t4*3-;;/m0000../s1. The second-order valence-corrected chi connectivity index (χ2v) is 12.0. The summed E-state index contributed by atoms with van der Waals surface area (Å²) in [4.78, 5) is 167. The number of carbonyl (C=O) groups is 16. The van der Waals surface area contributed by atoms with Gasteiger partial charge < -0.3 is 128 Å². The minimum absolute atomic E-state index is 0. The number of hydrogen-bond donors (Lipinski definition) is 13. The van der Waals surface area contributed by atoms with E-state index in [1.807, 2.05) is 0 Å². The van der Waals surface area contributed by atoms with Gasteiger partial charge in [0.15, 0.2) is 0 Å². The SMILES string of the molecule is N[C@@H](CCC(=O)OC(C(=O)O)C(=O)O)C(=O)[O-].N[C@@H](CCC(=O)OC(C(=O)O)C(=O)O)C(=O)[O-].N[C@@H](CCC(=O)OC(C(=O)O)C(=O)O)C(=O)[O-].N[C@@H](CCC(=O)OC(C(=O)O)C(=O)O)C(=O)[O-].[Fe+3].[NH4+]. The van der Waals surface area contributed by atoms with Crippen LogP contribution in [0.15, 0.2) is 0 Å². The zero-order valence-corrected chi connectivity index (χ0v) is 36.4. The first-order chi connectivity index (χ1) is 31.0. The molecule has 0 bridgehead atoms. The van der Waals surface area contributed by atoms with Crippen molar-refractivity contribution >= 4 is 95.5 Å². The van der Waals surface area contributed by atoms with Gasteiger partial charge in [-0.05, 0) is 25.7 Å². The van der Waals surface area contributed by atoms with Crippen molar-refractivity contribution in [1.82, 2.24) is 6.15 Å². The second kappa shape index (κ2) is 37.9. The van der Waals surface area contributed by atoms with Crippen LogP contribution in [0.25, 0.3) is 0 Å². The number of ether oxygens (including phenoxy) is 4. The normalized spacial score (nSPS) is 11.5. The Hall–Kier alpha value is -8.16. The van der Waals surface area contributed by atoms with Crippen LogP contribution >= 0.6 is 0 Å². The topological polar surface area (TPSA) is 705 Å². The Morgan fingerprint density at radius 3 is 0.514 bits per heavy atom. The zero-order chi connectivity index (χ0) is 54.3. The average molecular weight is 1070 g/mol. The Labute approximate surface area is 398 Å². The predicted octanol–water partition coefficient (Wildman–Crippen LogP) is -11.9. The molecular formula is C32H44FeN5O32. The van der Waals surface area contributed by atoms with E-state index >= 15 is 0 Å². The third-order valence-electron chi connectivity index (χ3n) is 6.64. The summed E-state index contributed by atoms with van der Waals surface area (Å²) in [6.07, 6.45) is -12.7. The van der Waals surface area contributed by atoms with E-state index in [9.17, 15) is 97.1 Å². The first-order valence-corrected chi connectivity index (χ1v) is 17.5. The quantitative estimate of drug-likeness (QED) is 0.0150. The summed E-state index contributed by atoms with van der Waals surface area (Å²) in [5.74, 6) is -25.7. The van der Waals surface area contributed by atoms with Gasteiger partial charge in [-0.3, -0.25) is 19.2 Å². The van der Waals surface area contributed by atoms with E-state index < -0.39 is 170 Å². The average Bonchev–Trinajstić information content (AvgIpc) is 3.21. The third kappa shape index (κ3) is 36.0. The Kier molecular flexibility index (Phi) is 39.7. The Bertz CT molecular complexity index is 1570. The molecule has 4 atom stereocenters. The number of nitrogens with two attached hydrogens (primary N) is 4. The molecule has 0 heterocycles. The van der Waals surface area contributed by atoms with E-state index in [1.165, 1.54) is 0 Å². The van der Waals surface area contributed by atoms with Crippen molar-refractivity contribution in [3.05, 3.63) is 0 Å². The predicted molar refractivity (Wildman–Crippen MR) is 195 cm³/mol. The molecule has 37 nitrogen and oxygen atoms in total. The van der Waals surface area contributed by atoms with Crippen molar-refractivity contribution in [2.45, 2.75) is 99.9 Å². The third-order valence-corrected chi connectivity index (χ3v) is 6.64. The molecule has 0 saturated carbocycles. The van der Waals surface area contributed by atoms with Crippen molar-refractivity contribution in [3.8, 4) is 0 Å². The molecule has 0 aliphatic rings. The summed E-state index contributed by atoms with van der Waals surface area (Å²) in [7, 11) is 0. The number of carbonyl (C=O) groups excluding carboxylic acids is 8. The van der Waals surface area contributed by atoms with Crippen LogP contribution in [-0.4, -0.2) is 185 Å². The summed E-state index contributed by atoms with van der Waals surface area (Å²) in [6.45, 7) is 0. The molecule has 38 heteroatoms. The van der Waals surface area contributed by atoms with Gasteiger partial charge >= 0.3 is 88.7 Å². The van der Waals surface area contributed by atoms with Gasteiger partial charge in [-0.15, -0.1) is 0 Å². The molecule has 0 unspecified atom stereocenters. The Morgan fingerprint density at radius 2 is 0.429 bits per heavy atom. The van der Waals surface area contributed by atoms with Gasteiger partial charge in [-0.1, -0.05) is 0 Å². The van der Waals surface area contributed by atoms with Gasteiger partial charge in [0.05, 0.1) is 23.9 Å². The summed E-state index contributed by atoms with van der Waals surface area (Å²) in [6, 6.07) is -5.63. The van der Waals surface area contributed by atoms with Gasteiger partial charge in [-0.25, -0.2) is 38.4 Å². The maximum atomic E-state index is 11.0. The van der Waals surface area contributed by atoms with Crippen LogP contribution in [0.4, 0.5) is 0 Å². The summed E-state index contributed by atoms with van der Waals surface area (Å²) >= 11 is 0. The van der Waals surface area contributed by atoms with Crippen molar-refractivity contribution in [2.24, 2.45) is 22.9 Å². The molecule has 70 heavy (non-hydrogen) atoms. The van der Waals surface area contributed by atoms with Crippen LogP contribution in [0.5, 0.6) is 0 Å². The molecule has 0 aliphatic heterocycles. The Morgan fingerprint density at radius 1 is 0.314 bits per heavy atom. The first kappa shape index (κ1) is 73.4. The molecule has 0 aromatic heterocycles. The molecule has 20 N–H and O–H groups in total. The molecular weight excluding hydrogens is 1020 g/mol. The van der Waals surface area contributed by atoms with Crippen LogP contribution < -0.4 is 49.5 Å². The van der Waals surface area contributed by atoms with Crippen molar-refractivity contribution < 1.29 is 174 Å². The van der Waals surface area contributed by atoms with Gasteiger partial charge in [0.25, 0.3) is 24.4 Å². The molecule has 0 fully saturated rings. The summed E-state index contributed by atoms with van der Waals surface area (Å²) < 4.78 is 16.4. The number of carboxylic acid groups (broad SMARTS) is 12. The molecule has 0 aromatic carbocycles. The van der Waals surface area contributed by atoms with Crippen molar-refractivity contribution in [2.75, 3.05) is 0 Å². The molecule has 0 aliphatic carbocycles. The van der Waals surface area contributed by atoms with Crippen LogP contribution in [0, 0.1) is 0 Å². The largest absolute Gasteiger partial charge is 3.00 e. The van der Waals surface area contributed by atoms with E-state index in [1.54, 1.807) is 0 Å². The minimum Gasteiger partial charge on any atom is -0.548 e. The molecule has 0 aromatic rings. The summed E-state index contributed by atoms with van der Waals surface area (Å²) in [5.41, 5.74) is 20.1. The maximum Gasteiger partial charge on any atom is 3.00 e. The summed E-state index contributed by atoms with van der Waals surface area (Å²) in [5, 5.41) is 108. The van der Waals surface area contributed by atoms with Crippen LogP contribution in [0.3, 0.4) is 0 Å². The second-order valence-electron chi connectivity index (χ2n) is 12.0. The molecule has 397 valence electrons. The van der Waals surface area contributed by atoms with Gasteiger partial charge in [0.2, 0.25) is 0 Å². The number of carboxylic acids is 12. The number of quaternary nitrogens is 1.